The summed E-state index contributed by atoms with van der Waals surface area (Å²) < 4.78 is 5.27. The maximum Gasteiger partial charge on any atom is 0.343 e. The number of carbonyl (C=O) groups excluding carboxylic acids is 2. The molecular weight excluding hydrogens is 320 g/mol. The van der Waals surface area contributed by atoms with Crippen molar-refractivity contribution >= 4 is 22.8 Å². The van der Waals surface area contributed by atoms with Crippen LogP contribution in [0.25, 0.3) is 0 Å². The van der Waals surface area contributed by atoms with Gasteiger partial charge in [-0.2, -0.15) is 0 Å². The van der Waals surface area contributed by atoms with Crippen molar-refractivity contribution in [3.8, 4) is 5.75 Å². The number of thioether (sulfide) groups is 1. The van der Waals surface area contributed by atoms with Crippen molar-refractivity contribution in [1.29, 1.82) is 0 Å². The zero-order valence-corrected chi connectivity index (χ0v) is 13.5. The molecule has 0 saturated heterocycles. The lowest BCUT2D eigenvalue weighted by Gasteiger charge is -2.05. The number of benzene rings is 3. The topological polar surface area (TPSA) is 43.4 Å². The Morgan fingerprint density at radius 1 is 0.667 bits per heavy atom. The van der Waals surface area contributed by atoms with E-state index in [0.29, 0.717) is 16.9 Å². The molecule has 0 heterocycles. The Bertz CT molecular complexity index is 755. The minimum atomic E-state index is -0.448. The second-order valence-corrected chi connectivity index (χ2v) is 6.03. The summed E-state index contributed by atoms with van der Waals surface area (Å²) in [6.45, 7) is 0. The predicted octanol–water partition coefficient (Wildman–Crippen LogP) is 4.84. The van der Waals surface area contributed by atoms with Crippen LogP contribution in [0.15, 0.2) is 89.8 Å². The smallest absolute Gasteiger partial charge is 0.343 e. The molecule has 0 bridgehead atoms. The fourth-order valence-electron chi connectivity index (χ4n) is 2.05. The maximum atomic E-state index is 12.2. The number of esters is 1. The minimum absolute atomic E-state index is 0.0656. The van der Waals surface area contributed by atoms with E-state index in [1.54, 1.807) is 48.5 Å². The summed E-state index contributed by atoms with van der Waals surface area (Å²) in [5, 5.41) is -0.0656. The average molecular weight is 334 g/mol. The standard InChI is InChI=1S/C20H14O3S/c21-19(23-17-7-3-1-4-8-17)15-11-13-16(14-12-15)20(22)24-18-9-5-2-6-10-18/h1-14H. The third-order valence-corrected chi connectivity index (χ3v) is 4.19. The van der Waals surface area contributed by atoms with Gasteiger partial charge in [0.2, 0.25) is 5.12 Å². The molecule has 3 rings (SSSR count). The van der Waals surface area contributed by atoms with E-state index in [2.05, 4.69) is 0 Å². The third-order valence-electron chi connectivity index (χ3n) is 3.26. The molecule has 4 heteroatoms. The summed E-state index contributed by atoms with van der Waals surface area (Å²) in [6.07, 6.45) is 0. The van der Waals surface area contributed by atoms with Crippen molar-refractivity contribution in [1.82, 2.24) is 0 Å². The van der Waals surface area contributed by atoms with E-state index in [1.807, 2.05) is 36.4 Å². The Morgan fingerprint density at radius 3 is 1.83 bits per heavy atom. The number of rotatable bonds is 4. The van der Waals surface area contributed by atoms with Crippen LogP contribution < -0.4 is 4.74 Å². The molecule has 0 atom stereocenters. The van der Waals surface area contributed by atoms with E-state index in [9.17, 15) is 9.59 Å². The first-order chi connectivity index (χ1) is 11.7. The van der Waals surface area contributed by atoms with Gasteiger partial charge in [-0.3, -0.25) is 4.79 Å². The van der Waals surface area contributed by atoms with Crippen LogP contribution in [-0.4, -0.2) is 11.1 Å². The molecule has 0 amide bonds. The van der Waals surface area contributed by atoms with Gasteiger partial charge in [0.1, 0.15) is 5.75 Å². The normalized spacial score (nSPS) is 10.2. The van der Waals surface area contributed by atoms with Crippen molar-refractivity contribution in [2.75, 3.05) is 0 Å². The van der Waals surface area contributed by atoms with E-state index < -0.39 is 5.97 Å². The molecule has 0 spiro atoms. The van der Waals surface area contributed by atoms with Gasteiger partial charge in [-0.25, -0.2) is 4.79 Å². The summed E-state index contributed by atoms with van der Waals surface area (Å²) in [5.74, 6) is 0.0400. The molecule has 0 aromatic heterocycles. The van der Waals surface area contributed by atoms with Crippen molar-refractivity contribution < 1.29 is 14.3 Å². The molecule has 0 saturated carbocycles. The van der Waals surface area contributed by atoms with Crippen LogP contribution in [0, 0.1) is 0 Å². The van der Waals surface area contributed by atoms with Crippen molar-refractivity contribution in [3.63, 3.8) is 0 Å². The first-order valence-corrected chi connectivity index (χ1v) is 8.18. The molecule has 3 aromatic rings. The lowest BCUT2D eigenvalue weighted by molar-refractivity contribution is 0.0734. The molecule has 0 aliphatic rings. The highest BCUT2D eigenvalue weighted by atomic mass is 32.2. The van der Waals surface area contributed by atoms with Gasteiger partial charge in [0, 0.05) is 10.5 Å². The second-order valence-electron chi connectivity index (χ2n) is 4.98. The lowest BCUT2D eigenvalue weighted by atomic mass is 10.1. The second kappa shape index (κ2) is 7.62. The molecule has 3 aromatic carbocycles. The monoisotopic (exact) mass is 334 g/mol. The first kappa shape index (κ1) is 16.0. The Hall–Kier alpha value is -2.85. The van der Waals surface area contributed by atoms with Gasteiger partial charge in [0.15, 0.2) is 0 Å². The van der Waals surface area contributed by atoms with Crippen LogP contribution in [0.5, 0.6) is 5.75 Å². The number of carbonyl (C=O) groups is 2. The largest absolute Gasteiger partial charge is 0.423 e. The fraction of sp³-hybridized carbons (Fsp3) is 0. The molecule has 3 nitrogen and oxygen atoms in total. The van der Waals surface area contributed by atoms with Gasteiger partial charge in [-0.05, 0) is 60.3 Å². The van der Waals surface area contributed by atoms with Gasteiger partial charge < -0.3 is 4.74 Å². The first-order valence-electron chi connectivity index (χ1n) is 7.37. The molecular formula is C20H14O3S. The third kappa shape index (κ3) is 4.12. The molecule has 0 unspecified atom stereocenters. The number of hydrogen-bond acceptors (Lipinski definition) is 4. The number of hydrogen-bond donors (Lipinski definition) is 0. The van der Waals surface area contributed by atoms with Crippen LogP contribution >= 0.6 is 11.8 Å². The van der Waals surface area contributed by atoms with Gasteiger partial charge in [0.05, 0.1) is 5.56 Å². The highest BCUT2D eigenvalue weighted by molar-refractivity contribution is 8.14. The van der Waals surface area contributed by atoms with Gasteiger partial charge in [-0.1, -0.05) is 36.4 Å². The fourth-order valence-corrected chi connectivity index (χ4v) is 2.81. The zero-order chi connectivity index (χ0) is 16.8. The Morgan fingerprint density at radius 2 is 1.21 bits per heavy atom. The SMILES string of the molecule is O=C(Oc1ccccc1)c1ccc(C(=O)Sc2ccccc2)cc1. The molecule has 118 valence electrons. The van der Waals surface area contributed by atoms with Gasteiger partial charge >= 0.3 is 5.97 Å². The van der Waals surface area contributed by atoms with Gasteiger partial charge in [-0.15, -0.1) is 0 Å². The van der Waals surface area contributed by atoms with Crippen LogP contribution in [0.3, 0.4) is 0 Å². The Balaban J connectivity index is 1.66. The number of para-hydroxylation sites is 1. The van der Waals surface area contributed by atoms with Crippen molar-refractivity contribution in [3.05, 3.63) is 96.1 Å². The van der Waals surface area contributed by atoms with Crippen LogP contribution in [0.2, 0.25) is 0 Å². The molecule has 0 N–H and O–H groups in total. The van der Waals surface area contributed by atoms with E-state index in [4.69, 9.17) is 4.74 Å². The zero-order valence-electron chi connectivity index (χ0n) is 12.7. The van der Waals surface area contributed by atoms with Crippen LogP contribution in [-0.2, 0) is 0 Å². The van der Waals surface area contributed by atoms with E-state index >= 15 is 0 Å². The van der Waals surface area contributed by atoms with E-state index in [1.165, 1.54) is 0 Å². The Labute approximate surface area is 144 Å². The van der Waals surface area contributed by atoms with E-state index in [-0.39, 0.29) is 5.12 Å². The molecule has 24 heavy (non-hydrogen) atoms. The summed E-state index contributed by atoms with van der Waals surface area (Å²) in [4.78, 5) is 25.2. The molecule has 0 fully saturated rings. The highest BCUT2D eigenvalue weighted by Crippen LogP contribution is 2.22. The van der Waals surface area contributed by atoms with Crippen molar-refractivity contribution in [2.24, 2.45) is 0 Å². The predicted molar refractivity (Wildman–Crippen MR) is 94.5 cm³/mol. The summed E-state index contributed by atoms with van der Waals surface area (Å²) in [6, 6.07) is 24.8. The quantitative estimate of drug-likeness (QED) is 0.389. The maximum absolute atomic E-state index is 12.2. The van der Waals surface area contributed by atoms with Gasteiger partial charge in [0.25, 0.3) is 0 Å². The lowest BCUT2D eigenvalue weighted by Crippen LogP contribution is -2.08. The Kier molecular flexibility index (Phi) is 5.08. The van der Waals surface area contributed by atoms with E-state index in [0.717, 1.165) is 16.7 Å². The molecule has 0 radical (unpaired) electrons. The summed E-state index contributed by atoms with van der Waals surface area (Å²) in [7, 11) is 0. The number of ether oxygens (including phenoxy) is 1. The minimum Gasteiger partial charge on any atom is -0.423 e. The molecule has 0 aliphatic carbocycles. The average Bonchev–Trinajstić information content (AvgIpc) is 2.63. The summed E-state index contributed by atoms with van der Waals surface area (Å²) in [5.41, 5.74) is 0.945. The highest BCUT2D eigenvalue weighted by Gasteiger charge is 2.11. The molecule has 0 aliphatic heterocycles. The van der Waals surface area contributed by atoms with Crippen LogP contribution in [0.1, 0.15) is 20.7 Å². The van der Waals surface area contributed by atoms with Crippen molar-refractivity contribution in [2.45, 2.75) is 4.90 Å². The van der Waals surface area contributed by atoms with Crippen LogP contribution in [0.4, 0.5) is 0 Å². The summed E-state index contributed by atoms with van der Waals surface area (Å²) >= 11 is 1.16.